The maximum Gasteiger partial charge on any atom is 0.490 e. The molecule has 0 unspecified atom stereocenters. The Labute approximate surface area is 168 Å². The molecule has 162 valence electrons. The minimum Gasteiger partial charge on any atom is -0.482 e. The number of imidazole rings is 1. The molecule has 0 atom stereocenters. The van der Waals surface area contributed by atoms with Gasteiger partial charge in [0.1, 0.15) is 17.3 Å². The summed E-state index contributed by atoms with van der Waals surface area (Å²) < 4.78 is 38.8. The van der Waals surface area contributed by atoms with Gasteiger partial charge in [-0.3, -0.25) is 4.79 Å². The summed E-state index contributed by atoms with van der Waals surface area (Å²) in [4.78, 5) is 36.1. The van der Waals surface area contributed by atoms with Crippen LogP contribution in [0.3, 0.4) is 0 Å². The van der Waals surface area contributed by atoms with Crippen molar-refractivity contribution in [2.24, 2.45) is 0 Å². The Balaban J connectivity index is 0.000000396. The topological polar surface area (TPSA) is 131 Å². The van der Waals surface area contributed by atoms with Crippen LogP contribution in [0.25, 0.3) is 0 Å². The summed E-state index contributed by atoms with van der Waals surface area (Å²) >= 11 is 0. The molecule has 12 heteroatoms. The first-order valence-corrected chi connectivity index (χ1v) is 8.68. The largest absolute Gasteiger partial charge is 0.490 e. The van der Waals surface area contributed by atoms with Crippen LogP contribution in [0.15, 0.2) is 30.5 Å². The summed E-state index contributed by atoms with van der Waals surface area (Å²) in [5, 5.41) is 18.5. The van der Waals surface area contributed by atoms with Gasteiger partial charge in [-0.2, -0.15) is 13.2 Å². The minimum atomic E-state index is -5.08. The van der Waals surface area contributed by atoms with Gasteiger partial charge in [-0.05, 0) is 25.0 Å². The van der Waals surface area contributed by atoms with Gasteiger partial charge in [0.15, 0.2) is 6.61 Å². The van der Waals surface area contributed by atoms with E-state index in [2.05, 4.69) is 10.3 Å². The number of alkyl halides is 3. The van der Waals surface area contributed by atoms with E-state index >= 15 is 0 Å². The number of carboxylic acids is 2. The van der Waals surface area contributed by atoms with Gasteiger partial charge in [-0.15, -0.1) is 0 Å². The van der Waals surface area contributed by atoms with Crippen molar-refractivity contribution in [2.45, 2.75) is 32.0 Å². The lowest BCUT2D eigenvalue weighted by atomic mass is 10.1. The van der Waals surface area contributed by atoms with Gasteiger partial charge in [0, 0.05) is 24.7 Å². The fourth-order valence-electron chi connectivity index (χ4n) is 2.60. The number of rotatable bonds is 5. The lowest BCUT2D eigenvalue weighted by Gasteiger charge is -2.16. The summed E-state index contributed by atoms with van der Waals surface area (Å²) in [6.45, 7) is 0.382. The minimum absolute atomic E-state index is 0.235. The first-order valence-electron chi connectivity index (χ1n) is 8.68. The second kappa shape index (κ2) is 9.76. The molecule has 1 amide bonds. The van der Waals surface area contributed by atoms with Crippen molar-refractivity contribution < 1.29 is 42.5 Å². The first kappa shape index (κ1) is 22.7. The summed E-state index contributed by atoms with van der Waals surface area (Å²) in [5.41, 5.74) is 1.08. The number of hydrogen-bond donors (Lipinski definition) is 3. The van der Waals surface area contributed by atoms with Crippen LogP contribution in [-0.2, 0) is 22.6 Å². The van der Waals surface area contributed by atoms with Crippen LogP contribution in [-0.4, -0.2) is 50.4 Å². The molecule has 0 saturated carbocycles. The van der Waals surface area contributed by atoms with Crippen molar-refractivity contribution in [3.63, 3.8) is 0 Å². The van der Waals surface area contributed by atoms with Crippen LogP contribution < -0.4 is 10.1 Å². The maximum absolute atomic E-state index is 12.4. The third-order valence-corrected chi connectivity index (χ3v) is 3.90. The van der Waals surface area contributed by atoms with Gasteiger partial charge in [0.25, 0.3) is 5.91 Å². The number of nitrogens with one attached hydrogen (secondary N) is 1. The van der Waals surface area contributed by atoms with E-state index < -0.39 is 24.7 Å². The standard InChI is InChI=1S/C16H17N3O4.C2HF3O2/c20-15(21)10-23-12-5-3-4-11(8-12)18-16(22)13-9-17-14-6-1-2-7-19(13)14;3-2(4,5)1(6)7/h3-5,8-9H,1-2,6-7,10H2,(H,18,22)(H,20,21);(H,6,7). The lowest BCUT2D eigenvalue weighted by molar-refractivity contribution is -0.192. The number of hydrogen-bond acceptors (Lipinski definition) is 5. The second-order valence-electron chi connectivity index (χ2n) is 6.14. The highest BCUT2D eigenvalue weighted by atomic mass is 19.4. The number of nitrogens with zero attached hydrogens (tertiary/aromatic N) is 2. The Bertz CT molecular complexity index is 926. The van der Waals surface area contributed by atoms with Crippen molar-refractivity contribution >= 4 is 23.5 Å². The molecule has 0 saturated heterocycles. The molecule has 3 rings (SSSR count). The van der Waals surface area contributed by atoms with E-state index in [0.717, 1.165) is 31.6 Å². The summed E-state index contributed by atoms with van der Waals surface area (Å²) in [6.07, 6.45) is -0.449. The molecule has 30 heavy (non-hydrogen) atoms. The van der Waals surface area contributed by atoms with Crippen LogP contribution in [0, 0.1) is 0 Å². The van der Waals surface area contributed by atoms with Crippen molar-refractivity contribution in [1.82, 2.24) is 9.55 Å². The molecule has 0 bridgehead atoms. The zero-order chi connectivity index (χ0) is 22.3. The number of carboxylic acid groups (broad SMARTS) is 2. The van der Waals surface area contributed by atoms with Crippen molar-refractivity contribution in [3.05, 3.63) is 42.0 Å². The molecule has 1 aromatic carbocycles. The molecule has 0 radical (unpaired) electrons. The highest BCUT2D eigenvalue weighted by Crippen LogP contribution is 2.20. The number of benzene rings is 1. The van der Waals surface area contributed by atoms with Crippen LogP contribution >= 0.6 is 0 Å². The predicted octanol–water partition coefficient (Wildman–Crippen LogP) is 2.57. The zero-order valence-corrected chi connectivity index (χ0v) is 15.5. The van der Waals surface area contributed by atoms with E-state index in [1.807, 2.05) is 4.57 Å². The molecule has 1 aliphatic rings. The van der Waals surface area contributed by atoms with Crippen LogP contribution in [0.1, 0.15) is 29.2 Å². The highest BCUT2D eigenvalue weighted by molar-refractivity contribution is 6.03. The van der Waals surface area contributed by atoms with Crippen molar-refractivity contribution in [2.75, 3.05) is 11.9 Å². The number of halogens is 3. The fourth-order valence-corrected chi connectivity index (χ4v) is 2.60. The third kappa shape index (κ3) is 6.50. The molecule has 0 fully saturated rings. The molecule has 2 heterocycles. The van der Waals surface area contributed by atoms with Crippen LogP contribution in [0.4, 0.5) is 18.9 Å². The number of amides is 1. The second-order valence-corrected chi connectivity index (χ2v) is 6.14. The third-order valence-electron chi connectivity index (χ3n) is 3.90. The molecular formula is C18H18F3N3O6. The van der Waals surface area contributed by atoms with Gasteiger partial charge in [-0.25, -0.2) is 14.6 Å². The number of fused-ring (bicyclic) bond motifs is 1. The Morgan fingerprint density at radius 2 is 1.90 bits per heavy atom. The van der Waals surface area contributed by atoms with E-state index in [1.165, 1.54) is 0 Å². The summed E-state index contributed by atoms with van der Waals surface area (Å²) in [6, 6.07) is 6.64. The van der Waals surface area contributed by atoms with Gasteiger partial charge in [0.2, 0.25) is 0 Å². The smallest absolute Gasteiger partial charge is 0.482 e. The summed E-state index contributed by atoms with van der Waals surface area (Å²) in [5.74, 6) is -2.71. The Morgan fingerprint density at radius 1 is 1.20 bits per heavy atom. The maximum atomic E-state index is 12.4. The molecule has 2 aromatic rings. The zero-order valence-electron chi connectivity index (χ0n) is 15.5. The monoisotopic (exact) mass is 429 g/mol. The SMILES string of the molecule is O=C(O)C(F)(F)F.O=C(O)COc1cccc(NC(=O)c2cnc3n2CCCC3)c1. The van der Waals surface area contributed by atoms with Crippen molar-refractivity contribution in [3.8, 4) is 5.75 Å². The quantitative estimate of drug-likeness (QED) is 0.666. The Kier molecular flexibility index (Phi) is 7.39. The first-order chi connectivity index (χ1) is 14.1. The average molecular weight is 429 g/mol. The molecule has 0 aliphatic carbocycles. The van der Waals surface area contributed by atoms with E-state index in [0.29, 0.717) is 17.1 Å². The van der Waals surface area contributed by atoms with Gasteiger partial charge in [-0.1, -0.05) is 6.07 Å². The molecule has 9 nitrogen and oxygen atoms in total. The van der Waals surface area contributed by atoms with Gasteiger partial charge < -0.3 is 24.8 Å². The number of ether oxygens (including phenoxy) is 1. The Morgan fingerprint density at radius 3 is 2.53 bits per heavy atom. The molecule has 3 N–H and O–H groups in total. The average Bonchev–Trinajstić information content (AvgIpc) is 3.11. The van der Waals surface area contributed by atoms with Gasteiger partial charge in [0.05, 0.1) is 6.20 Å². The van der Waals surface area contributed by atoms with E-state index in [4.69, 9.17) is 19.7 Å². The van der Waals surface area contributed by atoms with Crippen molar-refractivity contribution in [1.29, 1.82) is 0 Å². The number of carbonyl (C=O) groups excluding carboxylic acids is 1. The Hall–Kier alpha value is -3.57. The highest BCUT2D eigenvalue weighted by Gasteiger charge is 2.38. The molecule has 1 aliphatic heterocycles. The van der Waals surface area contributed by atoms with E-state index in [9.17, 15) is 22.8 Å². The molecular weight excluding hydrogens is 411 g/mol. The summed E-state index contributed by atoms with van der Waals surface area (Å²) in [7, 11) is 0. The van der Waals surface area contributed by atoms with E-state index in [1.54, 1.807) is 30.5 Å². The van der Waals surface area contributed by atoms with Crippen LogP contribution in [0.2, 0.25) is 0 Å². The fraction of sp³-hybridized carbons (Fsp3) is 0.333. The number of aromatic nitrogens is 2. The van der Waals surface area contributed by atoms with Crippen LogP contribution in [0.5, 0.6) is 5.75 Å². The molecule has 0 spiro atoms. The molecule has 1 aromatic heterocycles. The number of aliphatic carboxylic acids is 2. The number of aryl methyl sites for hydroxylation is 1. The number of anilines is 1. The predicted molar refractivity (Wildman–Crippen MR) is 96.4 cm³/mol. The van der Waals surface area contributed by atoms with Gasteiger partial charge >= 0.3 is 18.1 Å². The van der Waals surface area contributed by atoms with E-state index in [-0.39, 0.29) is 5.91 Å². The lowest BCUT2D eigenvalue weighted by Crippen LogP contribution is -2.21. The number of carbonyl (C=O) groups is 3. The normalized spacial score (nSPS) is 12.8.